The molecule has 0 amide bonds. The van der Waals surface area contributed by atoms with Crippen LogP contribution in [0.3, 0.4) is 0 Å². The van der Waals surface area contributed by atoms with Gasteiger partial charge in [0.15, 0.2) is 5.82 Å². The van der Waals surface area contributed by atoms with E-state index in [1.165, 1.54) is 0 Å². The minimum Gasteiger partial charge on any atom is -0.473 e. The van der Waals surface area contributed by atoms with Crippen molar-refractivity contribution in [2.75, 3.05) is 0 Å². The Morgan fingerprint density at radius 1 is 1.22 bits per heavy atom. The maximum absolute atomic E-state index is 8.99. The average Bonchev–Trinajstić information content (AvgIpc) is 3.02. The molecule has 0 aliphatic heterocycles. The van der Waals surface area contributed by atoms with Crippen LogP contribution in [0, 0.1) is 18.3 Å². The van der Waals surface area contributed by atoms with E-state index in [0.29, 0.717) is 23.9 Å². The SMILES string of the molecule is Cc1cc(Br)ccc1COc1ccnn1-c1cc(C#N)ccn1. The lowest BCUT2D eigenvalue weighted by atomic mass is 10.1. The van der Waals surface area contributed by atoms with Gasteiger partial charge >= 0.3 is 0 Å². The number of ether oxygens (including phenoxy) is 1. The van der Waals surface area contributed by atoms with Gasteiger partial charge in [-0.15, -0.1) is 0 Å². The van der Waals surface area contributed by atoms with Crippen LogP contribution in [0.2, 0.25) is 0 Å². The van der Waals surface area contributed by atoms with Crippen LogP contribution in [0.1, 0.15) is 16.7 Å². The van der Waals surface area contributed by atoms with E-state index in [0.717, 1.165) is 15.6 Å². The average molecular weight is 369 g/mol. The molecule has 1 aromatic carbocycles. The fourth-order valence-electron chi connectivity index (χ4n) is 2.15. The highest BCUT2D eigenvalue weighted by Gasteiger charge is 2.09. The van der Waals surface area contributed by atoms with E-state index >= 15 is 0 Å². The standard InChI is InChI=1S/C17H13BrN4O/c1-12-8-15(18)3-2-14(12)11-23-17-5-7-21-22(17)16-9-13(10-19)4-6-20-16/h2-9H,11H2,1H3. The first-order chi connectivity index (χ1) is 11.2. The van der Waals surface area contributed by atoms with Crippen molar-refractivity contribution in [2.45, 2.75) is 13.5 Å². The molecule has 3 rings (SSSR count). The number of rotatable bonds is 4. The summed E-state index contributed by atoms with van der Waals surface area (Å²) >= 11 is 3.45. The van der Waals surface area contributed by atoms with Crippen molar-refractivity contribution in [1.29, 1.82) is 5.26 Å². The number of hydrogen-bond acceptors (Lipinski definition) is 4. The highest BCUT2D eigenvalue weighted by Crippen LogP contribution is 2.20. The molecule has 114 valence electrons. The summed E-state index contributed by atoms with van der Waals surface area (Å²) < 4.78 is 8.50. The third kappa shape index (κ3) is 3.41. The van der Waals surface area contributed by atoms with Crippen LogP contribution in [0.4, 0.5) is 0 Å². The first-order valence-corrected chi connectivity index (χ1v) is 7.75. The lowest BCUT2D eigenvalue weighted by Gasteiger charge is -2.10. The van der Waals surface area contributed by atoms with E-state index in [4.69, 9.17) is 10.00 Å². The van der Waals surface area contributed by atoms with Crippen LogP contribution in [0.5, 0.6) is 5.88 Å². The number of pyridine rings is 1. The number of nitrogens with zero attached hydrogens (tertiary/aromatic N) is 4. The third-order valence-corrected chi connectivity index (χ3v) is 3.87. The van der Waals surface area contributed by atoms with Gasteiger partial charge in [0.1, 0.15) is 6.61 Å². The molecule has 0 atom stereocenters. The van der Waals surface area contributed by atoms with Crippen molar-refractivity contribution >= 4 is 15.9 Å². The summed E-state index contributed by atoms with van der Waals surface area (Å²) in [6, 6.07) is 13.2. The molecule has 0 N–H and O–H groups in total. The molecule has 2 aromatic heterocycles. The van der Waals surface area contributed by atoms with E-state index in [1.54, 1.807) is 35.3 Å². The Bertz CT molecular complexity index is 882. The van der Waals surface area contributed by atoms with Crippen molar-refractivity contribution < 1.29 is 4.74 Å². The molecule has 0 saturated carbocycles. The number of hydrogen-bond donors (Lipinski definition) is 0. The molecular weight excluding hydrogens is 356 g/mol. The zero-order valence-corrected chi connectivity index (χ0v) is 14.0. The zero-order chi connectivity index (χ0) is 16.2. The smallest absolute Gasteiger partial charge is 0.218 e. The summed E-state index contributed by atoms with van der Waals surface area (Å²) in [5.41, 5.74) is 2.77. The highest BCUT2D eigenvalue weighted by atomic mass is 79.9. The summed E-state index contributed by atoms with van der Waals surface area (Å²) in [6.07, 6.45) is 3.22. The fourth-order valence-corrected chi connectivity index (χ4v) is 2.62. The van der Waals surface area contributed by atoms with Gasteiger partial charge in [0.2, 0.25) is 5.88 Å². The fraction of sp³-hybridized carbons (Fsp3) is 0.118. The van der Waals surface area contributed by atoms with Gasteiger partial charge in [-0.1, -0.05) is 22.0 Å². The Morgan fingerprint density at radius 3 is 2.87 bits per heavy atom. The molecular formula is C17H13BrN4O. The predicted molar refractivity (Wildman–Crippen MR) is 89.3 cm³/mol. The van der Waals surface area contributed by atoms with Crippen LogP contribution < -0.4 is 4.74 Å². The summed E-state index contributed by atoms with van der Waals surface area (Å²) in [5.74, 6) is 1.13. The van der Waals surface area contributed by atoms with E-state index in [-0.39, 0.29) is 0 Å². The Labute approximate surface area is 142 Å². The second kappa shape index (κ2) is 6.63. The molecule has 0 saturated heterocycles. The van der Waals surface area contributed by atoms with Gasteiger partial charge in [0.05, 0.1) is 17.8 Å². The first-order valence-electron chi connectivity index (χ1n) is 6.96. The van der Waals surface area contributed by atoms with Crippen molar-refractivity contribution in [2.24, 2.45) is 0 Å². The summed E-state index contributed by atoms with van der Waals surface area (Å²) in [5, 5.41) is 13.2. The minimum absolute atomic E-state index is 0.433. The largest absolute Gasteiger partial charge is 0.473 e. The van der Waals surface area contributed by atoms with Gasteiger partial charge in [0.25, 0.3) is 0 Å². The summed E-state index contributed by atoms with van der Waals surface area (Å²) in [4.78, 5) is 4.24. The number of halogens is 1. The van der Waals surface area contributed by atoms with Gasteiger partial charge in [0, 0.05) is 22.8 Å². The van der Waals surface area contributed by atoms with Crippen LogP contribution >= 0.6 is 15.9 Å². The normalized spacial score (nSPS) is 10.3. The molecule has 3 aromatic rings. The second-order valence-corrected chi connectivity index (χ2v) is 5.87. The van der Waals surface area contributed by atoms with Crippen molar-refractivity contribution in [1.82, 2.24) is 14.8 Å². The first kappa shape index (κ1) is 15.3. The van der Waals surface area contributed by atoms with Gasteiger partial charge in [-0.3, -0.25) is 0 Å². The van der Waals surface area contributed by atoms with E-state index < -0.39 is 0 Å². The van der Waals surface area contributed by atoms with Crippen molar-refractivity contribution in [3.63, 3.8) is 0 Å². The van der Waals surface area contributed by atoms with Gasteiger partial charge < -0.3 is 4.74 Å². The van der Waals surface area contributed by atoms with Crippen LogP contribution in [0.25, 0.3) is 5.82 Å². The molecule has 6 heteroatoms. The number of aromatic nitrogens is 3. The second-order valence-electron chi connectivity index (χ2n) is 4.96. The van der Waals surface area contributed by atoms with Crippen LogP contribution in [-0.4, -0.2) is 14.8 Å². The molecule has 0 unspecified atom stereocenters. The molecule has 0 aliphatic rings. The third-order valence-electron chi connectivity index (χ3n) is 3.38. The van der Waals surface area contributed by atoms with E-state index in [1.807, 2.05) is 25.1 Å². The van der Waals surface area contributed by atoms with Gasteiger partial charge in [-0.2, -0.15) is 15.0 Å². The van der Waals surface area contributed by atoms with Gasteiger partial charge in [-0.25, -0.2) is 4.98 Å². The molecule has 5 nitrogen and oxygen atoms in total. The number of aryl methyl sites for hydroxylation is 1. The van der Waals surface area contributed by atoms with Gasteiger partial charge in [-0.05, 0) is 36.2 Å². The lowest BCUT2D eigenvalue weighted by molar-refractivity contribution is 0.283. The molecule has 0 radical (unpaired) electrons. The Kier molecular flexibility index (Phi) is 4.40. The molecule has 0 aliphatic carbocycles. The Balaban J connectivity index is 1.82. The van der Waals surface area contributed by atoms with E-state index in [2.05, 4.69) is 32.1 Å². The molecule has 23 heavy (non-hydrogen) atoms. The zero-order valence-electron chi connectivity index (χ0n) is 12.4. The Morgan fingerprint density at radius 2 is 2.09 bits per heavy atom. The summed E-state index contributed by atoms with van der Waals surface area (Å²) in [7, 11) is 0. The van der Waals surface area contributed by atoms with E-state index in [9.17, 15) is 0 Å². The maximum Gasteiger partial charge on any atom is 0.218 e. The van der Waals surface area contributed by atoms with Crippen molar-refractivity contribution in [3.05, 3.63) is 70.0 Å². The number of benzene rings is 1. The molecule has 0 bridgehead atoms. The predicted octanol–water partition coefficient (Wildman–Crippen LogP) is 3.79. The van der Waals surface area contributed by atoms with Crippen LogP contribution in [-0.2, 0) is 6.61 Å². The summed E-state index contributed by atoms with van der Waals surface area (Å²) in [6.45, 7) is 2.47. The monoisotopic (exact) mass is 368 g/mol. The number of nitriles is 1. The molecule has 0 spiro atoms. The molecule has 0 fully saturated rings. The van der Waals surface area contributed by atoms with Crippen molar-refractivity contribution in [3.8, 4) is 17.8 Å². The Hall–Kier alpha value is -2.65. The molecule has 2 heterocycles. The lowest BCUT2D eigenvalue weighted by Crippen LogP contribution is -2.05. The highest BCUT2D eigenvalue weighted by molar-refractivity contribution is 9.10. The topological polar surface area (TPSA) is 63.7 Å². The minimum atomic E-state index is 0.433. The van der Waals surface area contributed by atoms with Crippen LogP contribution in [0.15, 0.2) is 53.3 Å². The quantitative estimate of drug-likeness (QED) is 0.702. The maximum atomic E-state index is 8.99.